The summed E-state index contributed by atoms with van der Waals surface area (Å²) < 4.78 is 11.1. The first-order valence-electron chi connectivity index (χ1n) is 13.6. The van der Waals surface area contributed by atoms with Gasteiger partial charge in [0.1, 0.15) is 12.3 Å². The minimum Gasteiger partial charge on any atom is -0.497 e. The molecule has 204 valence electrons. The Kier molecular flexibility index (Phi) is 8.68. The number of carbonyl (C=O) groups is 2. The molecule has 1 atom stereocenters. The van der Waals surface area contributed by atoms with Crippen LogP contribution in [-0.4, -0.2) is 90.9 Å². The summed E-state index contributed by atoms with van der Waals surface area (Å²) in [7, 11) is 1.64. The van der Waals surface area contributed by atoms with E-state index in [0.717, 1.165) is 48.6 Å². The van der Waals surface area contributed by atoms with Crippen molar-refractivity contribution in [2.75, 3.05) is 57.9 Å². The van der Waals surface area contributed by atoms with Gasteiger partial charge in [-0.1, -0.05) is 30.3 Å². The Morgan fingerprint density at radius 3 is 2.59 bits per heavy atom. The fourth-order valence-electron chi connectivity index (χ4n) is 5.11. The molecule has 3 aromatic rings. The monoisotopic (exact) mass is 529 g/mol. The Morgan fingerprint density at radius 1 is 0.974 bits per heavy atom. The Morgan fingerprint density at radius 2 is 1.85 bits per heavy atom. The van der Waals surface area contributed by atoms with Crippen molar-refractivity contribution < 1.29 is 19.1 Å². The number of anilines is 1. The van der Waals surface area contributed by atoms with Crippen molar-refractivity contribution in [1.82, 2.24) is 20.0 Å². The van der Waals surface area contributed by atoms with Crippen molar-refractivity contribution in [2.45, 2.75) is 25.4 Å². The number of rotatable bonds is 8. The SMILES string of the molecule is COc1cccc(-c2ccc(N3CCCN(C(=O)CN(C[C@H]4CCCO4)C(=O)c4ccccc4)CC3)nn2)c1. The highest BCUT2D eigenvalue weighted by atomic mass is 16.5. The smallest absolute Gasteiger partial charge is 0.254 e. The van der Waals surface area contributed by atoms with Gasteiger partial charge in [0.05, 0.1) is 18.9 Å². The molecular weight excluding hydrogens is 494 g/mol. The number of ether oxygens (including phenoxy) is 2. The zero-order chi connectivity index (χ0) is 27.0. The molecule has 9 heteroatoms. The number of nitrogens with zero attached hydrogens (tertiary/aromatic N) is 5. The van der Waals surface area contributed by atoms with E-state index >= 15 is 0 Å². The predicted octanol–water partition coefficient (Wildman–Crippen LogP) is 3.51. The average Bonchev–Trinajstić information content (AvgIpc) is 3.38. The molecule has 9 nitrogen and oxygen atoms in total. The zero-order valence-corrected chi connectivity index (χ0v) is 22.4. The van der Waals surface area contributed by atoms with Crippen molar-refractivity contribution in [3.8, 4) is 17.0 Å². The molecule has 0 spiro atoms. The first-order chi connectivity index (χ1) is 19.1. The lowest BCUT2D eigenvalue weighted by Crippen LogP contribution is -2.46. The van der Waals surface area contributed by atoms with Gasteiger partial charge in [-0.3, -0.25) is 9.59 Å². The molecule has 39 heavy (non-hydrogen) atoms. The van der Waals surface area contributed by atoms with Gasteiger partial charge in [-0.05, 0) is 55.7 Å². The van der Waals surface area contributed by atoms with E-state index < -0.39 is 0 Å². The largest absolute Gasteiger partial charge is 0.497 e. The van der Waals surface area contributed by atoms with E-state index in [4.69, 9.17) is 9.47 Å². The summed E-state index contributed by atoms with van der Waals surface area (Å²) in [6, 6.07) is 20.8. The van der Waals surface area contributed by atoms with Gasteiger partial charge in [0.2, 0.25) is 5.91 Å². The van der Waals surface area contributed by atoms with E-state index in [2.05, 4.69) is 15.1 Å². The Bertz CT molecular complexity index is 1250. The molecule has 2 aromatic carbocycles. The number of benzene rings is 2. The molecule has 2 saturated heterocycles. The van der Waals surface area contributed by atoms with Crippen molar-refractivity contribution in [1.29, 1.82) is 0 Å². The van der Waals surface area contributed by atoms with E-state index in [1.54, 1.807) is 24.1 Å². The second-order valence-corrected chi connectivity index (χ2v) is 9.92. The minimum atomic E-state index is -0.137. The van der Waals surface area contributed by atoms with Crippen molar-refractivity contribution in [3.63, 3.8) is 0 Å². The van der Waals surface area contributed by atoms with E-state index in [-0.39, 0.29) is 24.5 Å². The van der Waals surface area contributed by atoms with Gasteiger partial charge >= 0.3 is 0 Å². The molecule has 2 aliphatic rings. The lowest BCUT2D eigenvalue weighted by atomic mass is 10.1. The molecule has 3 heterocycles. The summed E-state index contributed by atoms with van der Waals surface area (Å²) in [6.07, 6.45) is 2.67. The van der Waals surface area contributed by atoms with Crippen molar-refractivity contribution >= 4 is 17.6 Å². The van der Waals surface area contributed by atoms with E-state index in [1.165, 1.54) is 0 Å². The first kappa shape index (κ1) is 26.6. The topological polar surface area (TPSA) is 88.1 Å². The summed E-state index contributed by atoms with van der Waals surface area (Å²) in [5, 5.41) is 8.91. The maximum absolute atomic E-state index is 13.4. The molecule has 0 aliphatic carbocycles. The summed E-state index contributed by atoms with van der Waals surface area (Å²) in [5.74, 6) is 1.38. The standard InChI is InChI=1S/C30H35N5O4/c1-38-25-11-5-10-24(20-25)27-13-14-28(32-31-27)33-15-7-16-34(18-17-33)29(36)22-35(21-26-12-6-19-39-26)30(37)23-8-3-2-4-9-23/h2-5,8-11,13-14,20,26H,6-7,12,15-19,21-22H2,1H3/t26-/m1/s1. The second kappa shape index (κ2) is 12.7. The second-order valence-electron chi connectivity index (χ2n) is 9.92. The van der Waals surface area contributed by atoms with Crippen LogP contribution in [0.15, 0.2) is 66.7 Å². The summed E-state index contributed by atoms with van der Waals surface area (Å²) >= 11 is 0. The Hall–Kier alpha value is -3.98. The molecule has 0 unspecified atom stereocenters. The van der Waals surface area contributed by atoms with Crippen molar-refractivity contribution in [3.05, 3.63) is 72.3 Å². The van der Waals surface area contributed by atoms with Crippen LogP contribution >= 0.6 is 0 Å². The highest BCUT2D eigenvalue weighted by Gasteiger charge is 2.28. The third-order valence-electron chi connectivity index (χ3n) is 7.27. The third-order valence-corrected chi connectivity index (χ3v) is 7.27. The van der Waals surface area contributed by atoms with E-state index in [9.17, 15) is 9.59 Å². The fraction of sp³-hybridized carbons (Fsp3) is 0.400. The average molecular weight is 530 g/mol. The molecule has 0 N–H and O–H groups in total. The molecule has 0 radical (unpaired) electrons. The highest BCUT2D eigenvalue weighted by Crippen LogP contribution is 2.23. The molecular formula is C30H35N5O4. The molecule has 2 fully saturated rings. The number of methoxy groups -OCH3 is 1. The summed E-state index contributed by atoms with van der Waals surface area (Å²) in [4.78, 5) is 32.4. The maximum atomic E-state index is 13.4. The quantitative estimate of drug-likeness (QED) is 0.441. The van der Waals surface area contributed by atoms with Crippen molar-refractivity contribution in [2.24, 2.45) is 0 Å². The van der Waals surface area contributed by atoms with Gasteiger partial charge in [-0.25, -0.2) is 0 Å². The summed E-state index contributed by atoms with van der Waals surface area (Å²) in [6.45, 7) is 3.80. The van der Waals surface area contributed by atoms with Gasteiger partial charge in [0.25, 0.3) is 5.91 Å². The lowest BCUT2D eigenvalue weighted by molar-refractivity contribution is -0.132. The zero-order valence-electron chi connectivity index (χ0n) is 22.4. The molecule has 1 aromatic heterocycles. The van der Waals surface area contributed by atoms with Gasteiger partial charge in [-0.2, -0.15) is 0 Å². The Labute approximate surface area is 229 Å². The number of carbonyl (C=O) groups excluding carboxylic acids is 2. The van der Waals surface area contributed by atoms with Crippen LogP contribution < -0.4 is 9.64 Å². The van der Waals surface area contributed by atoms with Crippen LogP contribution in [0.1, 0.15) is 29.6 Å². The Balaban J connectivity index is 1.21. The minimum absolute atomic E-state index is 0.0244. The highest BCUT2D eigenvalue weighted by molar-refractivity contribution is 5.96. The molecule has 2 aliphatic heterocycles. The van der Waals surface area contributed by atoms with Crippen LogP contribution in [0.2, 0.25) is 0 Å². The van der Waals surface area contributed by atoms with Crippen LogP contribution in [0, 0.1) is 0 Å². The van der Waals surface area contributed by atoms with Crippen LogP contribution in [-0.2, 0) is 9.53 Å². The molecule has 2 amide bonds. The first-order valence-corrected chi connectivity index (χ1v) is 13.6. The van der Waals surface area contributed by atoms with Gasteiger partial charge < -0.3 is 24.2 Å². The number of amides is 2. The van der Waals surface area contributed by atoms with Crippen LogP contribution in [0.3, 0.4) is 0 Å². The molecule has 0 saturated carbocycles. The molecule has 5 rings (SSSR count). The van der Waals surface area contributed by atoms with Crippen LogP contribution in [0.4, 0.5) is 5.82 Å². The number of hydrogen-bond donors (Lipinski definition) is 0. The van der Waals surface area contributed by atoms with Crippen LogP contribution in [0.5, 0.6) is 5.75 Å². The van der Waals surface area contributed by atoms with Crippen LogP contribution in [0.25, 0.3) is 11.3 Å². The maximum Gasteiger partial charge on any atom is 0.254 e. The third kappa shape index (κ3) is 6.72. The van der Waals surface area contributed by atoms with Gasteiger partial charge in [-0.15, -0.1) is 10.2 Å². The lowest BCUT2D eigenvalue weighted by Gasteiger charge is -2.28. The van der Waals surface area contributed by atoms with E-state index in [1.807, 2.05) is 59.5 Å². The van der Waals surface area contributed by atoms with Gasteiger partial charge in [0, 0.05) is 50.5 Å². The predicted molar refractivity (Wildman–Crippen MR) is 149 cm³/mol. The number of aromatic nitrogens is 2. The fourth-order valence-corrected chi connectivity index (χ4v) is 5.11. The summed E-state index contributed by atoms with van der Waals surface area (Å²) in [5.41, 5.74) is 2.30. The molecule has 0 bridgehead atoms. The van der Waals surface area contributed by atoms with Gasteiger partial charge in [0.15, 0.2) is 5.82 Å². The van der Waals surface area contributed by atoms with E-state index in [0.29, 0.717) is 38.3 Å². The normalized spacial score (nSPS) is 17.5. The number of hydrogen-bond acceptors (Lipinski definition) is 7.